The number of oxazole rings is 1. The van der Waals surface area contributed by atoms with E-state index >= 15 is 0 Å². The normalized spacial score (nSPS) is 12.0. The molecule has 1 atom stereocenters. The lowest BCUT2D eigenvalue weighted by Crippen LogP contribution is -2.32. The molecule has 3 heterocycles. The fourth-order valence-corrected chi connectivity index (χ4v) is 3.27. The third-order valence-corrected chi connectivity index (χ3v) is 5.12. The Morgan fingerprint density at radius 1 is 1.09 bits per heavy atom. The zero-order chi connectivity index (χ0) is 23.2. The number of nitrogens with one attached hydrogen (secondary N) is 1. The smallest absolute Gasteiger partial charge is 0.249 e. The molecule has 4 aromatic rings. The van der Waals surface area contributed by atoms with Crippen molar-refractivity contribution in [3.8, 4) is 28.5 Å². The molecule has 1 aromatic carbocycles. The van der Waals surface area contributed by atoms with Gasteiger partial charge in [0.25, 0.3) is 0 Å². The van der Waals surface area contributed by atoms with E-state index in [-0.39, 0.29) is 18.2 Å². The summed E-state index contributed by atoms with van der Waals surface area (Å²) in [6, 6.07) is 10.7. The summed E-state index contributed by atoms with van der Waals surface area (Å²) in [5.74, 6) is 2.63. The summed E-state index contributed by atoms with van der Waals surface area (Å²) >= 11 is 0. The zero-order valence-electron chi connectivity index (χ0n) is 18.7. The predicted octanol–water partition coefficient (Wildman–Crippen LogP) is 4.24. The molecule has 0 saturated heterocycles. The highest BCUT2D eigenvalue weighted by Crippen LogP contribution is 2.25. The molecule has 33 heavy (non-hydrogen) atoms. The number of nitrogens with zero attached hydrogens (tertiary/aromatic N) is 4. The van der Waals surface area contributed by atoms with E-state index in [0.29, 0.717) is 29.8 Å². The molecule has 0 radical (unpaired) electrons. The summed E-state index contributed by atoms with van der Waals surface area (Å²) in [6.07, 6.45) is 5.58. The van der Waals surface area contributed by atoms with Crippen LogP contribution in [0.5, 0.6) is 5.75 Å². The monoisotopic (exact) mass is 447 g/mol. The number of methoxy groups -OCH3 is 1. The van der Waals surface area contributed by atoms with Crippen molar-refractivity contribution in [3.05, 3.63) is 66.8 Å². The van der Waals surface area contributed by atoms with Gasteiger partial charge in [-0.1, -0.05) is 19.0 Å². The first kappa shape index (κ1) is 22.2. The molecule has 9 heteroatoms. The van der Waals surface area contributed by atoms with E-state index in [9.17, 15) is 4.79 Å². The number of aryl methyl sites for hydroxylation is 1. The molecular weight excluding hydrogens is 422 g/mol. The topological polar surface area (TPSA) is 116 Å². The number of ether oxygens (including phenoxy) is 1. The first-order valence-electron chi connectivity index (χ1n) is 10.7. The highest BCUT2D eigenvalue weighted by atomic mass is 16.5. The molecule has 0 fully saturated rings. The third kappa shape index (κ3) is 5.43. The van der Waals surface area contributed by atoms with Crippen LogP contribution in [0.1, 0.15) is 38.1 Å². The standard InChI is InChI=1S/C24H25N5O4/c1-15(2)22(24-28-23(29-33-24)17-10-12-25-13-11-17)27-20(30)8-9-21-26-14-19(32-21)16-4-6-18(31-3)7-5-16/h4-7,10-15,22H,8-9H2,1-3H3,(H,27,30). The van der Waals surface area contributed by atoms with Crippen LogP contribution in [-0.4, -0.2) is 33.1 Å². The maximum Gasteiger partial charge on any atom is 0.249 e. The van der Waals surface area contributed by atoms with E-state index in [4.69, 9.17) is 13.7 Å². The van der Waals surface area contributed by atoms with Gasteiger partial charge in [-0.3, -0.25) is 9.78 Å². The zero-order valence-corrected chi connectivity index (χ0v) is 18.7. The average Bonchev–Trinajstić information content (AvgIpc) is 3.52. The number of carbonyl (C=O) groups is 1. The highest BCUT2D eigenvalue weighted by Gasteiger charge is 2.25. The largest absolute Gasteiger partial charge is 0.497 e. The number of hydrogen-bond acceptors (Lipinski definition) is 8. The van der Waals surface area contributed by atoms with Gasteiger partial charge in [0.05, 0.1) is 13.3 Å². The van der Waals surface area contributed by atoms with Crippen LogP contribution >= 0.6 is 0 Å². The van der Waals surface area contributed by atoms with Crippen molar-refractivity contribution in [2.45, 2.75) is 32.7 Å². The Bertz CT molecular complexity index is 1190. The summed E-state index contributed by atoms with van der Waals surface area (Å²) in [6.45, 7) is 3.97. The SMILES string of the molecule is COc1ccc(-c2cnc(CCC(=O)NC(c3nc(-c4ccncc4)no3)C(C)C)o2)cc1. The molecule has 9 nitrogen and oxygen atoms in total. The Morgan fingerprint density at radius 3 is 2.55 bits per heavy atom. The van der Waals surface area contributed by atoms with Gasteiger partial charge in [-0.25, -0.2) is 4.98 Å². The van der Waals surface area contributed by atoms with Crippen molar-refractivity contribution in [1.82, 2.24) is 25.4 Å². The molecule has 0 aliphatic carbocycles. The number of hydrogen-bond donors (Lipinski definition) is 1. The molecule has 170 valence electrons. The fourth-order valence-electron chi connectivity index (χ4n) is 3.27. The second-order valence-corrected chi connectivity index (χ2v) is 7.83. The summed E-state index contributed by atoms with van der Waals surface area (Å²) < 4.78 is 16.4. The van der Waals surface area contributed by atoms with E-state index < -0.39 is 6.04 Å². The maximum absolute atomic E-state index is 12.6. The van der Waals surface area contributed by atoms with Gasteiger partial charge in [0.2, 0.25) is 17.6 Å². The number of rotatable bonds is 9. The van der Waals surface area contributed by atoms with Gasteiger partial charge in [-0.15, -0.1) is 0 Å². The number of benzene rings is 1. The Balaban J connectivity index is 1.36. The Morgan fingerprint density at radius 2 is 1.85 bits per heavy atom. The molecule has 0 bridgehead atoms. The van der Waals surface area contributed by atoms with Gasteiger partial charge in [0.1, 0.15) is 11.8 Å². The van der Waals surface area contributed by atoms with Crippen molar-refractivity contribution < 1.29 is 18.5 Å². The van der Waals surface area contributed by atoms with E-state index in [0.717, 1.165) is 16.9 Å². The van der Waals surface area contributed by atoms with Crippen molar-refractivity contribution in [2.75, 3.05) is 7.11 Å². The quantitative estimate of drug-likeness (QED) is 0.405. The first-order valence-corrected chi connectivity index (χ1v) is 10.7. The van der Waals surface area contributed by atoms with Crippen LogP contribution in [0.4, 0.5) is 0 Å². The van der Waals surface area contributed by atoms with Crippen LogP contribution in [-0.2, 0) is 11.2 Å². The van der Waals surface area contributed by atoms with Crippen LogP contribution in [0.3, 0.4) is 0 Å². The van der Waals surface area contributed by atoms with E-state index in [2.05, 4.69) is 25.4 Å². The molecule has 1 N–H and O–H groups in total. The van der Waals surface area contributed by atoms with Crippen molar-refractivity contribution in [1.29, 1.82) is 0 Å². The molecule has 0 aliphatic rings. The maximum atomic E-state index is 12.6. The van der Waals surface area contributed by atoms with E-state index in [1.807, 2.05) is 38.1 Å². The van der Waals surface area contributed by atoms with Crippen molar-refractivity contribution >= 4 is 5.91 Å². The molecule has 1 amide bonds. The van der Waals surface area contributed by atoms with Gasteiger partial charge in [0, 0.05) is 36.4 Å². The summed E-state index contributed by atoms with van der Waals surface area (Å²) in [5.41, 5.74) is 1.69. The van der Waals surface area contributed by atoms with Crippen LogP contribution in [0.15, 0.2) is 63.9 Å². The molecule has 0 aliphatic heterocycles. The molecule has 0 spiro atoms. The molecule has 0 saturated carbocycles. The van der Waals surface area contributed by atoms with E-state index in [1.165, 1.54) is 0 Å². The highest BCUT2D eigenvalue weighted by molar-refractivity contribution is 5.76. The Labute approximate surface area is 191 Å². The van der Waals surface area contributed by atoms with Gasteiger partial charge >= 0.3 is 0 Å². The summed E-state index contributed by atoms with van der Waals surface area (Å²) in [7, 11) is 1.62. The summed E-state index contributed by atoms with van der Waals surface area (Å²) in [5, 5.41) is 7.02. The fraction of sp³-hybridized carbons (Fsp3) is 0.292. The third-order valence-electron chi connectivity index (χ3n) is 5.12. The van der Waals surface area contributed by atoms with Crippen LogP contribution < -0.4 is 10.1 Å². The minimum absolute atomic E-state index is 0.0584. The van der Waals surface area contributed by atoms with Crippen molar-refractivity contribution in [3.63, 3.8) is 0 Å². The van der Waals surface area contributed by atoms with E-state index in [1.54, 1.807) is 37.8 Å². The van der Waals surface area contributed by atoms with Crippen LogP contribution in [0, 0.1) is 5.92 Å². The minimum atomic E-state index is -0.403. The van der Waals surface area contributed by atoms with Gasteiger partial charge in [-0.2, -0.15) is 4.98 Å². The number of aromatic nitrogens is 4. The molecular formula is C24H25N5O4. The van der Waals surface area contributed by atoms with Gasteiger partial charge in [0.15, 0.2) is 11.7 Å². The van der Waals surface area contributed by atoms with Gasteiger partial charge in [-0.05, 0) is 42.3 Å². The summed E-state index contributed by atoms with van der Waals surface area (Å²) in [4.78, 5) is 25.4. The van der Waals surface area contributed by atoms with Crippen LogP contribution in [0.25, 0.3) is 22.7 Å². The molecule has 3 aromatic heterocycles. The predicted molar refractivity (Wildman–Crippen MR) is 120 cm³/mol. The lowest BCUT2D eigenvalue weighted by atomic mass is 10.0. The molecule has 1 unspecified atom stereocenters. The molecule has 4 rings (SSSR count). The number of carbonyl (C=O) groups excluding carboxylic acids is 1. The second-order valence-electron chi connectivity index (χ2n) is 7.83. The van der Waals surface area contributed by atoms with Gasteiger partial charge < -0.3 is 19.0 Å². The average molecular weight is 447 g/mol. The Kier molecular flexibility index (Phi) is 6.77. The number of pyridine rings is 1. The van der Waals surface area contributed by atoms with Crippen molar-refractivity contribution in [2.24, 2.45) is 5.92 Å². The Hall–Kier alpha value is -4.01. The van der Waals surface area contributed by atoms with Crippen LogP contribution in [0.2, 0.25) is 0 Å². The lowest BCUT2D eigenvalue weighted by Gasteiger charge is -2.18. The lowest BCUT2D eigenvalue weighted by molar-refractivity contribution is -0.122. The second kappa shape index (κ2) is 10.1. The minimum Gasteiger partial charge on any atom is -0.497 e. The first-order chi connectivity index (χ1) is 16.0. The number of amides is 1.